The Kier molecular flexibility index (Phi) is 1.33. The molecule has 0 aliphatic heterocycles. The molecule has 0 amide bonds. The summed E-state index contributed by atoms with van der Waals surface area (Å²) in [5.74, 6) is 0.707. The average molecular weight is 224 g/mol. The molecule has 1 fully saturated rings. The molecule has 4 rings (SSSR count). The predicted molar refractivity (Wildman–Crippen MR) is 65.4 cm³/mol. The minimum absolute atomic E-state index is 0.221. The monoisotopic (exact) mass is 224 g/mol. The minimum Gasteiger partial charge on any atom is -0.511 e. The summed E-state index contributed by atoms with van der Waals surface area (Å²) in [6.45, 7) is 0. The fourth-order valence-electron chi connectivity index (χ4n) is 3.54. The lowest BCUT2D eigenvalue weighted by atomic mass is 9.73. The van der Waals surface area contributed by atoms with Gasteiger partial charge in [-0.2, -0.15) is 0 Å². The van der Waals surface area contributed by atoms with Gasteiger partial charge in [0.25, 0.3) is 0 Å². The van der Waals surface area contributed by atoms with E-state index in [0.717, 1.165) is 12.0 Å². The van der Waals surface area contributed by atoms with E-state index in [4.69, 9.17) is 0 Å². The average Bonchev–Trinajstić information content (AvgIpc) is 2.97. The van der Waals surface area contributed by atoms with Crippen LogP contribution in [0.15, 0.2) is 71.3 Å². The van der Waals surface area contributed by atoms with Crippen molar-refractivity contribution in [3.63, 3.8) is 0 Å². The Morgan fingerprint density at radius 3 is 2.65 bits per heavy atom. The van der Waals surface area contributed by atoms with Crippen LogP contribution in [0.5, 0.6) is 0 Å². The first-order valence-electron chi connectivity index (χ1n) is 5.80. The second kappa shape index (κ2) is 2.48. The highest BCUT2D eigenvalue weighted by atomic mass is 16.3. The van der Waals surface area contributed by atoms with Gasteiger partial charge in [0.15, 0.2) is 0 Å². The highest BCUT2D eigenvalue weighted by molar-refractivity contribution is 5.65. The molecule has 2 atom stereocenters. The molecular weight excluding hydrogens is 212 g/mol. The van der Waals surface area contributed by atoms with Gasteiger partial charge < -0.3 is 10.2 Å². The molecule has 0 aromatic carbocycles. The maximum atomic E-state index is 10.2. The van der Waals surface area contributed by atoms with Gasteiger partial charge >= 0.3 is 0 Å². The molecule has 0 heterocycles. The highest BCUT2D eigenvalue weighted by Crippen LogP contribution is 2.78. The summed E-state index contributed by atoms with van der Waals surface area (Å²) in [6.07, 6.45) is 16.2. The fourth-order valence-corrected chi connectivity index (χ4v) is 3.54. The van der Waals surface area contributed by atoms with E-state index in [1.165, 1.54) is 5.57 Å². The van der Waals surface area contributed by atoms with E-state index in [1.54, 1.807) is 12.2 Å². The molecule has 2 nitrogen and oxygen atoms in total. The first kappa shape index (κ1) is 9.11. The molecule has 0 aromatic rings. The third-order valence-electron chi connectivity index (χ3n) is 4.43. The highest BCUT2D eigenvalue weighted by Gasteiger charge is 2.72. The Labute approximate surface area is 99.3 Å². The summed E-state index contributed by atoms with van der Waals surface area (Å²) in [5.41, 5.74) is 1.78. The van der Waals surface area contributed by atoms with E-state index in [0.29, 0.717) is 11.5 Å². The lowest BCUT2D eigenvalue weighted by molar-refractivity contribution is 0.315. The SMILES string of the molecule is OC1=CC23CC24C(O)=CC=CC4=CC=C3C=C1. The topological polar surface area (TPSA) is 40.5 Å². The predicted octanol–water partition coefficient (Wildman–Crippen LogP) is 3.25. The van der Waals surface area contributed by atoms with Gasteiger partial charge in [-0.25, -0.2) is 0 Å². The fraction of sp³-hybridized carbons (Fsp3) is 0.200. The number of rotatable bonds is 0. The van der Waals surface area contributed by atoms with Crippen molar-refractivity contribution in [2.24, 2.45) is 10.8 Å². The van der Waals surface area contributed by atoms with Crippen LogP contribution in [-0.2, 0) is 0 Å². The normalized spacial score (nSPS) is 40.2. The lowest BCUT2D eigenvalue weighted by Gasteiger charge is -2.31. The Balaban J connectivity index is 1.99. The molecule has 0 saturated heterocycles. The van der Waals surface area contributed by atoms with Gasteiger partial charge in [-0.05, 0) is 35.8 Å². The van der Waals surface area contributed by atoms with Gasteiger partial charge in [-0.1, -0.05) is 30.4 Å². The molecule has 2 N–H and O–H groups in total. The maximum absolute atomic E-state index is 10.2. The summed E-state index contributed by atoms with van der Waals surface area (Å²) in [6, 6.07) is 0. The van der Waals surface area contributed by atoms with Gasteiger partial charge in [0.2, 0.25) is 0 Å². The molecule has 4 aliphatic carbocycles. The van der Waals surface area contributed by atoms with Crippen LogP contribution < -0.4 is 0 Å². The molecule has 84 valence electrons. The Morgan fingerprint density at radius 1 is 0.941 bits per heavy atom. The number of aliphatic hydroxyl groups excluding tert-OH is 2. The van der Waals surface area contributed by atoms with Gasteiger partial charge in [0, 0.05) is 5.41 Å². The third-order valence-corrected chi connectivity index (χ3v) is 4.43. The molecule has 2 heteroatoms. The molecule has 0 bridgehead atoms. The van der Waals surface area contributed by atoms with Crippen LogP contribution in [0.3, 0.4) is 0 Å². The molecule has 17 heavy (non-hydrogen) atoms. The number of hydrogen-bond donors (Lipinski definition) is 2. The largest absolute Gasteiger partial charge is 0.511 e. The third kappa shape index (κ3) is 0.813. The van der Waals surface area contributed by atoms with Crippen molar-refractivity contribution in [1.82, 2.24) is 0 Å². The molecule has 2 spiro atoms. The zero-order valence-corrected chi connectivity index (χ0v) is 9.22. The van der Waals surface area contributed by atoms with Crippen molar-refractivity contribution in [3.05, 3.63) is 71.3 Å². The minimum atomic E-state index is -0.315. The first-order valence-corrected chi connectivity index (χ1v) is 5.80. The van der Waals surface area contributed by atoms with E-state index in [9.17, 15) is 10.2 Å². The Hall–Kier alpha value is -1.96. The first-order chi connectivity index (χ1) is 8.19. The van der Waals surface area contributed by atoms with Crippen LogP contribution in [0, 0.1) is 10.8 Å². The Bertz CT molecular complexity index is 613. The quantitative estimate of drug-likeness (QED) is 0.663. The van der Waals surface area contributed by atoms with Gasteiger partial charge in [-0.3, -0.25) is 0 Å². The summed E-state index contributed by atoms with van der Waals surface area (Å²) in [7, 11) is 0. The zero-order valence-electron chi connectivity index (χ0n) is 9.22. The van der Waals surface area contributed by atoms with E-state index >= 15 is 0 Å². The number of hydrogen-bond acceptors (Lipinski definition) is 2. The summed E-state index contributed by atoms with van der Waals surface area (Å²) >= 11 is 0. The second-order valence-corrected chi connectivity index (χ2v) is 5.11. The Morgan fingerprint density at radius 2 is 1.76 bits per heavy atom. The van der Waals surface area contributed by atoms with Crippen LogP contribution >= 0.6 is 0 Å². The van der Waals surface area contributed by atoms with E-state index in [1.807, 2.05) is 24.3 Å². The number of allylic oxidation sites excluding steroid dienone is 10. The smallest absolute Gasteiger partial charge is 0.112 e. The standard InChI is InChI=1S/C15H12O2/c16-12-7-6-10-4-5-11-2-1-3-13(17)15(11)9-14(10,15)8-12/h1-8,16-17H,9H2. The van der Waals surface area contributed by atoms with Gasteiger partial charge in [0.05, 0.1) is 5.41 Å². The van der Waals surface area contributed by atoms with E-state index < -0.39 is 0 Å². The molecule has 0 aromatic heterocycles. The van der Waals surface area contributed by atoms with Crippen LogP contribution in [0.4, 0.5) is 0 Å². The van der Waals surface area contributed by atoms with Crippen molar-refractivity contribution in [1.29, 1.82) is 0 Å². The van der Waals surface area contributed by atoms with Crippen LogP contribution in [0.25, 0.3) is 0 Å². The van der Waals surface area contributed by atoms with Crippen molar-refractivity contribution in [3.8, 4) is 0 Å². The van der Waals surface area contributed by atoms with Crippen molar-refractivity contribution >= 4 is 0 Å². The zero-order chi connectivity index (χ0) is 11.7. The molecule has 0 radical (unpaired) electrons. The molecule has 1 saturated carbocycles. The van der Waals surface area contributed by atoms with Crippen LogP contribution in [0.1, 0.15) is 6.42 Å². The molecular formula is C15H12O2. The van der Waals surface area contributed by atoms with Gasteiger partial charge in [0.1, 0.15) is 11.5 Å². The summed E-state index contributed by atoms with van der Waals surface area (Å²) in [4.78, 5) is 0. The summed E-state index contributed by atoms with van der Waals surface area (Å²) < 4.78 is 0. The lowest BCUT2D eigenvalue weighted by Crippen LogP contribution is -2.24. The van der Waals surface area contributed by atoms with Crippen LogP contribution in [-0.4, -0.2) is 10.2 Å². The van der Waals surface area contributed by atoms with Crippen molar-refractivity contribution in [2.75, 3.05) is 0 Å². The molecule has 2 unspecified atom stereocenters. The van der Waals surface area contributed by atoms with Crippen molar-refractivity contribution < 1.29 is 10.2 Å². The maximum Gasteiger partial charge on any atom is 0.112 e. The van der Waals surface area contributed by atoms with E-state index in [-0.39, 0.29) is 10.8 Å². The second-order valence-electron chi connectivity index (χ2n) is 5.11. The van der Waals surface area contributed by atoms with E-state index in [2.05, 4.69) is 12.2 Å². The molecule has 4 aliphatic rings. The summed E-state index contributed by atoms with van der Waals surface area (Å²) in [5, 5.41) is 20.0. The van der Waals surface area contributed by atoms with Gasteiger partial charge in [-0.15, -0.1) is 0 Å². The van der Waals surface area contributed by atoms with Crippen molar-refractivity contribution in [2.45, 2.75) is 6.42 Å². The van der Waals surface area contributed by atoms with Crippen LogP contribution in [0.2, 0.25) is 0 Å². The number of aliphatic hydroxyl groups is 2.